The van der Waals surface area contributed by atoms with Crippen molar-refractivity contribution in [2.45, 2.75) is 80.9 Å². The molecule has 1 amide bonds. The average molecular weight is 540 g/mol. The number of nitrogens with one attached hydrogen (secondary N) is 1. The molecule has 1 aliphatic carbocycles. The van der Waals surface area contributed by atoms with Crippen molar-refractivity contribution >= 4 is 11.8 Å². The highest BCUT2D eigenvalue weighted by molar-refractivity contribution is 5.86. The summed E-state index contributed by atoms with van der Waals surface area (Å²) in [6, 6.07) is -0.699. The minimum absolute atomic E-state index is 0.0412. The molecule has 206 valence electrons. The van der Waals surface area contributed by atoms with E-state index in [1.165, 1.54) is 6.20 Å². The normalized spacial score (nSPS) is 28.7. The van der Waals surface area contributed by atoms with Gasteiger partial charge in [0.05, 0.1) is 30.7 Å². The van der Waals surface area contributed by atoms with Crippen LogP contribution in [0.4, 0.5) is 18.0 Å². The molecule has 2 aromatic rings. The Morgan fingerprint density at radius 2 is 1.87 bits per heavy atom. The fourth-order valence-corrected chi connectivity index (χ4v) is 5.67. The first kappa shape index (κ1) is 26.4. The number of carboxylic acid groups (broad SMARTS) is 1. The van der Waals surface area contributed by atoms with Crippen molar-refractivity contribution in [3.05, 3.63) is 35.8 Å². The lowest BCUT2D eigenvalue weighted by molar-refractivity contribution is -0.167. The summed E-state index contributed by atoms with van der Waals surface area (Å²) in [5.74, 6) is -4.46. The van der Waals surface area contributed by atoms with Crippen LogP contribution in [0.15, 0.2) is 23.5 Å². The maximum absolute atomic E-state index is 13.8. The summed E-state index contributed by atoms with van der Waals surface area (Å²) in [5, 5.41) is 44.9. The van der Waals surface area contributed by atoms with Gasteiger partial charge in [-0.25, -0.2) is 22.6 Å². The second-order valence-corrected chi connectivity index (χ2v) is 10.1. The van der Waals surface area contributed by atoms with E-state index in [9.17, 15) is 33.3 Å². The Bertz CT molecular complexity index is 1200. The number of carbonyl (C=O) groups is 1. The van der Waals surface area contributed by atoms with Gasteiger partial charge >= 0.3 is 6.09 Å². The van der Waals surface area contributed by atoms with Crippen molar-refractivity contribution in [2.75, 3.05) is 6.61 Å². The van der Waals surface area contributed by atoms with Crippen LogP contribution in [0.2, 0.25) is 0 Å². The smallest absolute Gasteiger partial charge is 0.405 e. The number of aromatic nitrogens is 3. The maximum Gasteiger partial charge on any atom is 0.405 e. The molecule has 1 aromatic heterocycles. The molecule has 1 spiro atoms. The first-order chi connectivity index (χ1) is 18.2. The number of hydrogen-bond acceptors (Lipinski definition) is 8. The highest BCUT2D eigenvalue weighted by Crippen LogP contribution is 2.40. The van der Waals surface area contributed by atoms with Gasteiger partial charge in [0.2, 0.25) is 0 Å². The van der Waals surface area contributed by atoms with Crippen LogP contribution in [0.25, 0.3) is 11.3 Å². The zero-order valence-electron chi connectivity index (χ0n) is 20.3. The molecule has 1 saturated heterocycles. The summed E-state index contributed by atoms with van der Waals surface area (Å²) >= 11 is 0. The molecule has 2 fully saturated rings. The van der Waals surface area contributed by atoms with Gasteiger partial charge in [0.15, 0.2) is 17.5 Å². The Kier molecular flexibility index (Phi) is 7.29. The van der Waals surface area contributed by atoms with Crippen LogP contribution < -0.4 is 5.32 Å². The molecule has 2 aliphatic heterocycles. The molecule has 11 nitrogen and oxygen atoms in total. The number of aliphatic hydroxyl groups excluding tert-OH is 2. The van der Waals surface area contributed by atoms with Gasteiger partial charge in [-0.1, -0.05) is 16.8 Å². The predicted molar refractivity (Wildman–Crippen MR) is 125 cm³/mol. The van der Waals surface area contributed by atoms with Crippen molar-refractivity contribution in [1.29, 1.82) is 0 Å². The van der Waals surface area contributed by atoms with E-state index in [1.54, 1.807) is 0 Å². The summed E-state index contributed by atoms with van der Waals surface area (Å²) in [7, 11) is 0. The minimum Gasteiger partial charge on any atom is -0.465 e. The first-order valence-electron chi connectivity index (χ1n) is 12.4. The van der Waals surface area contributed by atoms with E-state index >= 15 is 0 Å². The standard InChI is InChI=1S/C24H28F3N5O6/c25-14-6-12(7-15(26)19(14)27)16-10-32(31-29-16)21-20(28-23(35)36)17(37-18(11-33)22(21)34)8-13-9-24(38-30-13)4-2-1-3-5-24/h6-7,10,17-18,20-22,28,33-34H,1-5,8-9,11H2,(H,35,36)/t17-,18-,20+,21+,22+/m1/s1. The predicted octanol–water partition coefficient (Wildman–Crippen LogP) is 2.53. The fourth-order valence-electron chi connectivity index (χ4n) is 5.67. The van der Waals surface area contributed by atoms with Crippen molar-refractivity contribution in [2.24, 2.45) is 5.16 Å². The third kappa shape index (κ3) is 5.07. The molecule has 0 bridgehead atoms. The Hall–Kier alpha value is -3.23. The lowest BCUT2D eigenvalue weighted by Gasteiger charge is -2.44. The molecule has 38 heavy (non-hydrogen) atoms. The molecule has 3 heterocycles. The average Bonchev–Trinajstić information content (AvgIpc) is 3.52. The SMILES string of the molecule is O=C(O)N[C@@H]1[C@H](n2cc(-c3cc(F)c(F)c(F)c3)nn2)[C@@H](O)[C@@H](CO)O[C@@H]1CC1=NOC2(CCCCC2)C1. The van der Waals surface area contributed by atoms with E-state index in [0.29, 0.717) is 12.1 Å². The van der Waals surface area contributed by atoms with E-state index < -0.39 is 60.5 Å². The van der Waals surface area contributed by atoms with E-state index in [0.717, 1.165) is 48.9 Å². The van der Waals surface area contributed by atoms with Gasteiger partial charge in [0.1, 0.15) is 29.5 Å². The molecule has 1 aromatic carbocycles. The minimum atomic E-state index is -1.63. The van der Waals surface area contributed by atoms with E-state index in [-0.39, 0.29) is 23.3 Å². The summed E-state index contributed by atoms with van der Waals surface area (Å²) in [4.78, 5) is 17.5. The Morgan fingerprint density at radius 1 is 1.16 bits per heavy atom. The van der Waals surface area contributed by atoms with E-state index in [4.69, 9.17) is 9.57 Å². The number of oxime groups is 1. The number of halogens is 3. The number of nitrogens with zero attached hydrogens (tertiary/aromatic N) is 4. The van der Waals surface area contributed by atoms with Crippen LogP contribution >= 0.6 is 0 Å². The van der Waals surface area contributed by atoms with Gasteiger partial charge in [0.25, 0.3) is 0 Å². The molecule has 4 N–H and O–H groups in total. The van der Waals surface area contributed by atoms with Crippen LogP contribution in [-0.2, 0) is 9.57 Å². The second kappa shape index (κ2) is 10.5. The Morgan fingerprint density at radius 3 is 2.53 bits per heavy atom. The maximum atomic E-state index is 13.8. The van der Waals surface area contributed by atoms with Gasteiger partial charge in [-0.15, -0.1) is 5.10 Å². The van der Waals surface area contributed by atoms with Gasteiger partial charge in [0, 0.05) is 18.4 Å². The van der Waals surface area contributed by atoms with Crippen molar-refractivity contribution in [3.63, 3.8) is 0 Å². The van der Waals surface area contributed by atoms with Crippen LogP contribution in [0.5, 0.6) is 0 Å². The third-order valence-corrected chi connectivity index (χ3v) is 7.51. The molecular formula is C24H28F3N5O6. The van der Waals surface area contributed by atoms with Gasteiger partial charge < -0.3 is 30.2 Å². The quantitative estimate of drug-likeness (QED) is 0.409. The summed E-state index contributed by atoms with van der Waals surface area (Å²) < 4.78 is 48.0. The summed E-state index contributed by atoms with van der Waals surface area (Å²) in [6.45, 7) is -0.573. The van der Waals surface area contributed by atoms with Crippen LogP contribution in [0, 0.1) is 17.5 Å². The largest absolute Gasteiger partial charge is 0.465 e. The fraction of sp³-hybridized carbons (Fsp3) is 0.583. The zero-order valence-corrected chi connectivity index (χ0v) is 20.3. The van der Waals surface area contributed by atoms with Gasteiger partial charge in [-0.2, -0.15) is 0 Å². The highest BCUT2D eigenvalue weighted by Gasteiger charge is 2.49. The molecule has 0 radical (unpaired) electrons. The number of aliphatic hydroxyl groups is 2. The topological polar surface area (TPSA) is 151 Å². The highest BCUT2D eigenvalue weighted by atomic mass is 19.2. The molecule has 3 aliphatic rings. The molecule has 5 rings (SSSR count). The summed E-state index contributed by atoms with van der Waals surface area (Å²) in [5.41, 5.74) is 0.161. The van der Waals surface area contributed by atoms with E-state index in [1.807, 2.05) is 0 Å². The van der Waals surface area contributed by atoms with Crippen molar-refractivity contribution in [3.8, 4) is 11.3 Å². The zero-order chi connectivity index (χ0) is 27.0. The van der Waals surface area contributed by atoms with Crippen molar-refractivity contribution < 1.29 is 42.9 Å². The lowest BCUT2D eigenvalue weighted by Crippen LogP contribution is -2.61. The van der Waals surface area contributed by atoms with E-state index in [2.05, 4.69) is 20.8 Å². The molecule has 14 heteroatoms. The van der Waals surface area contributed by atoms with Gasteiger partial charge in [-0.3, -0.25) is 0 Å². The molecule has 5 atom stereocenters. The van der Waals surface area contributed by atoms with Gasteiger partial charge in [-0.05, 0) is 37.8 Å². The van der Waals surface area contributed by atoms with Crippen molar-refractivity contribution in [1.82, 2.24) is 20.3 Å². The summed E-state index contributed by atoms with van der Waals surface area (Å²) in [6.07, 6.45) is 2.13. The number of amides is 1. The number of rotatable bonds is 6. The number of ether oxygens (including phenoxy) is 1. The Labute approximate surface area is 215 Å². The first-order valence-corrected chi connectivity index (χ1v) is 12.4. The molecule has 0 unspecified atom stereocenters. The second-order valence-electron chi connectivity index (χ2n) is 10.1. The number of hydrogen-bond donors (Lipinski definition) is 4. The number of benzene rings is 1. The van der Waals surface area contributed by atoms with Crippen LogP contribution in [0.3, 0.4) is 0 Å². The van der Waals surface area contributed by atoms with Crippen LogP contribution in [0.1, 0.15) is 51.0 Å². The molecular weight excluding hydrogens is 511 g/mol. The monoisotopic (exact) mass is 539 g/mol. The molecule has 1 saturated carbocycles. The third-order valence-electron chi connectivity index (χ3n) is 7.51. The Balaban J connectivity index is 1.43. The lowest BCUT2D eigenvalue weighted by atomic mass is 9.80. The van der Waals surface area contributed by atoms with Crippen LogP contribution in [-0.4, -0.2) is 78.7 Å².